The molecule has 3 heterocycles. The first-order chi connectivity index (χ1) is 19.6. The number of aliphatic hydroxyl groups is 4. The van der Waals surface area contributed by atoms with Crippen LogP contribution in [0, 0.1) is 58.7 Å². The second-order valence-electron chi connectivity index (χ2n) is 15.8. The van der Waals surface area contributed by atoms with Crippen LogP contribution < -0.4 is 0 Å². The summed E-state index contributed by atoms with van der Waals surface area (Å²) in [7, 11) is 0. The molecular formula is C33H53NO7. The second-order valence-corrected chi connectivity index (χ2v) is 15.8. The highest BCUT2D eigenvalue weighted by Gasteiger charge is 2.63. The Morgan fingerprint density at radius 2 is 1.68 bits per heavy atom. The maximum Gasteiger partial charge on any atom is 0.186 e. The van der Waals surface area contributed by atoms with Crippen LogP contribution in [0.3, 0.4) is 0 Å². The third-order valence-electron chi connectivity index (χ3n) is 14.0. The zero-order valence-electron chi connectivity index (χ0n) is 25.2. The van der Waals surface area contributed by atoms with Crippen molar-refractivity contribution in [2.75, 3.05) is 19.7 Å². The van der Waals surface area contributed by atoms with Crippen LogP contribution in [0.25, 0.3) is 0 Å². The molecule has 0 bridgehead atoms. The van der Waals surface area contributed by atoms with Crippen LogP contribution in [0.1, 0.15) is 78.6 Å². The van der Waals surface area contributed by atoms with Gasteiger partial charge in [0.2, 0.25) is 0 Å². The minimum atomic E-state index is -1.46. The Morgan fingerprint density at radius 3 is 2.46 bits per heavy atom. The van der Waals surface area contributed by atoms with Gasteiger partial charge in [-0.25, -0.2) is 0 Å². The van der Waals surface area contributed by atoms with Gasteiger partial charge in [-0.1, -0.05) is 20.8 Å². The molecule has 0 aromatic heterocycles. The van der Waals surface area contributed by atoms with Crippen LogP contribution in [0.2, 0.25) is 0 Å². The number of rotatable bonds is 3. The lowest BCUT2D eigenvalue weighted by atomic mass is 9.51. The van der Waals surface area contributed by atoms with Crippen molar-refractivity contribution in [2.45, 2.75) is 121 Å². The van der Waals surface area contributed by atoms with Gasteiger partial charge in [0.15, 0.2) is 6.29 Å². The fraction of sp³-hybridized carbons (Fsp3) is 0.970. The monoisotopic (exact) mass is 575 g/mol. The maximum absolute atomic E-state index is 12.8. The topological polar surface area (TPSA) is 120 Å². The molecule has 7 fully saturated rings. The van der Waals surface area contributed by atoms with Gasteiger partial charge in [-0.15, -0.1) is 0 Å². The molecule has 41 heavy (non-hydrogen) atoms. The molecule has 0 aromatic carbocycles. The summed E-state index contributed by atoms with van der Waals surface area (Å²) in [5, 5.41) is 41.2. The van der Waals surface area contributed by atoms with Gasteiger partial charge in [-0.05, 0) is 104 Å². The van der Waals surface area contributed by atoms with Gasteiger partial charge in [0.05, 0.1) is 12.7 Å². The molecule has 17 atom stereocenters. The van der Waals surface area contributed by atoms with Crippen LogP contribution in [0.5, 0.6) is 0 Å². The molecule has 8 nitrogen and oxygen atoms in total. The Balaban J connectivity index is 1.15. The molecule has 232 valence electrons. The van der Waals surface area contributed by atoms with Gasteiger partial charge in [0, 0.05) is 32.0 Å². The molecule has 8 heteroatoms. The van der Waals surface area contributed by atoms with E-state index in [-0.39, 0.29) is 23.2 Å². The van der Waals surface area contributed by atoms with Crippen molar-refractivity contribution in [1.82, 2.24) is 4.90 Å². The molecule has 3 saturated heterocycles. The number of aliphatic hydroxyl groups excluding tert-OH is 4. The average molecular weight is 576 g/mol. The maximum atomic E-state index is 12.8. The van der Waals surface area contributed by atoms with Crippen molar-refractivity contribution < 1.29 is 34.7 Å². The van der Waals surface area contributed by atoms with E-state index in [4.69, 9.17) is 9.47 Å². The normalized spacial score (nSPS) is 57.2. The molecule has 0 radical (unpaired) electrons. The summed E-state index contributed by atoms with van der Waals surface area (Å²) >= 11 is 0. The average Bonchev–Trinajstić information content (AvgIpc) is 3.34. The predicted molar refractivity (Wildman–Crippen MR) is 151 cm³/mol. The Labute approximate surface area is 245 Å². The Hall–Kier alpha value is -0.610. The summed E-state index contributed by atoms with van der Waals surface area (Å²) in [6.45, 7) is 9.41. The molecule has 4 aliphatic carbocycles. The number of fused-ring (bicyclic) bond motifs is 8. The molecule has 0 spiro atoms. The van der Waals surface area contributed by atoms with E-state index in [2.05, 4.69) is 25.7 Å². The summed E-state index contributed by atoms with van der Waals surface area (Å²) in [4.78, 5) is 15.7. The molecule has 4 N–H and O–H groups in total. The number of Topliss-reactive ketones (excluding diaryl/α,β-unsaturated/α-hetero) is 1. The molecular weight excluding hydrogens is 522 g/mol. The molecule has 17 unspecified atom stereocenters. The Bertz CT molecular complexity index is 991. The minimum Gasteiger partial charge on any atom is -0.394 e. The van der Waals surface area contributed by atoms with Gasteiger partial charge in [-0.3, -0.25) is 9.69 Å². The number of carbonyl (C=O) groups excluding carboxylic acids is 1. The summed E-state index contributed by atoms with van der Waals surface area (Å²) < 4.78 is 12.4. The molecule has 7 rings (SSSR count). The van der Waals surface area contributed by atoms with Crippen molar-refractivity contribution in [3.05, 3.63) is 0 Å². The number of carbonyl (C=O) groups is 1. The standard InChI is InChI=1S/C33H53NO7/c1-16-4-7-26-17(2)19-5-6-20-21(23(19)14-34(26)13-16)11-24-22(20)12-27(25-10-18(36)8-9-33(24,25)3)40-32-31(39)30(38)29(37)28(15-35)41-32/h16-17,19-32,35,37-39H,4-15H2,1-3H3. The zero-order chi connectivity index (χ0) is 28.8. The van der Waals surface area contributed by atoms with Crippen molar-refractivity contribution in [3.8, 4) is 0 Å². The van der Waals surface area contributed by atoms with Crippen molar-refractivity contribution in [3.63, 3.8) is 0 Å². The number of ether oxygens (including phenoxy) is 2. The predicted octanol–water partition coefficient (Wildman–Crippen LogP) is 2.60. The highest BCUT2D eigenvalue weighted by molar-refractivity contribution is 5.79. The van der Waals surface area contributed by atoms with Crippen LogP contribution in [-0.4, -0.2) is 93.7 Å². The third-order valence-corrected chi connectivity index (χ3v) is 14.0. The van der Waals surface area contributed by atoms with Gasteiger partial charge >= 0.3 is 0 Å². The second kappa shape index (κ2) is 10.8. The zero-order valence-corrected chi connectivity index (χ0v) is 25.2. The Morgan fingerprint density at radius 1 is 0.902 bits per heavy atom. The van der Waals surface area contributed by atoms with Gasteiger partial charge in [-0.2, -0.15) is 0 Å². The van der Waals surface area contributed by atoms with E-state index < -0.39 is 37.3 Å². The summed E-state index contributed by atoms with van der Waals surface area (Å²) in [5.74, 6) is 5.98. The summed E-state index contributed by atoms with van der Waals surface area (Å²) in [6, 6.07) is 0.759. The number of piperidine rings is 2. The van der Waals surface area contributed by atoms with E-state index in [0.29, 0.717) is 30.6 Å². The largest absolute Gasteiger partial charge is 0.394 e. The van der Waals surface area contributed by atoms with Crippen LogP contribution in [-0.2, 0) is 14.3 Å². The Kier molecular flexibility index (Phi) is 7.66. The van der Waals surface area contributed by atoms with Gasteiger partial charge < -0.3 is 29.9 Å². The first kappa shape index (κ1) is 29.1. The lowest BCUT2D eigenvalue weighted by molar-refractivity contribution is -0.323. The van der Waals surface area contributed by atoms with Crippen molar-refractivity contribution in [1.29, 1.82) is 0 Å². The van der Waals surface area contributed by atoms with Crippen LogP contribution >= 0.6 is 0 Å². The lowest BCUT2D eigenvalue weighted by Crippen LogP contribution is -2.61. The summed E-state index contributed by atoms with van der Waals surface area (Å²) in [6.07, 6.45) is 2.81. The molecule has 0 amide bonds. The smallest absolute Gasteiger partial charge is 0.186 e. The quantitative estimate of drug-likeness (QED) is 0.406. The molecule has 3 aliphatic heterocycles. The SMILES string of the molecule is CC1CCC2C(C)C3CCC4C(CC5C4CC(OC4OC(CO)C(O)C(O)C4O)C4CC(=O)CCC45C)C3CN2C1. The number of ketones is 1. The highest BCUT2D eigenvalue weighted by atomic mass is 16.7. The van der Waals surface area contributed by atoms with E-state index in [9.17, 15) is 25.2 Å². The number of nitrogens with zero attached hydrogens (tertiary/aromatic N) is 1. The van der Waals surface area contributed by atoms with Gasteiger partial charge in [0.1, 0.15) is 30.2 Å². The van der Waals surface area contributed by atoms with E-state index in [1.54, 1.807) is 0 Å². The highest BCUT2D eigenvalue weighted by Crippen LogP contribution is 2.67. The van der Waals surface area contributed by atoms with E-state index >= 15 is 0 Å². The first-order valence-corrected chi connectivity index (χ1v) is 16.8. The molecule has 0 aromatic rings. The van der Waals surface area contributed by atoms with Crippen LogP contribution in [0.4, 0.5) is 0 Å². The van der Waals surface area contributed by atoms with Gasteiger partial charge in [0.25, 0.3) is 0 Å². The van der Waals surface area contributed by atoms with E-state index in [1.165, 1.54) is 45.2 Å². The number of hydrogen-bond acceptors (Lipinski definition) is 8. The number of hydrogen-bond donors (Lipinski definition) is 4. The first-order valence-electron chi connectivity index (χ1n) is 16.8. The third kappa shape index (κ3) is 4.60. The fourth-order valence-corrected chi connectivity index (χ4v) is 11.9. The summed E-state index contributed by atoms with van der Waals surface area (Å²) in [5.41, 5.74) is -0.00901. The minimum absolute atomic E-state index is 0.00901. The van der Waals surface area contributed by atoms with E-state index in [0.717, 1.165) is 48.5 Å². The van der Waals surface area contributed by atoms with E-state index in [1.807, 2.05) is 0 Å². The van der Waals surface area contributed by atoms with Crippen molar-refractivity contribution in [2.24, 2.45) is 58.7 Å². The van der Waals surface area contributed by atoms with Crippen LogP contribution in [0.15, 0.2) is 0 Å². The molecule has 7 aliphatic rings. The fourth-order valence-electron chi connectivity index (χ4n) is 11.9. The molecule has 4 saturated carbocycles. The van der Waals surface area contributed by atoms with Crippen molar-refractivity contribution >= 4 is 5.78 Å². The lowest BCUT2D eigenvalue weighted by Gasteiger charge is -2.57.